The predicted molar refractivity (Wildman–Crippen MR) is 129 cm³/mol. The van der Waals surface area contributed by atoms with Crippen LogP contribution in [0.3, 0.4) is 0 Å². The van der Waals surface area contributed by atoms with Crippen LogP contribution in [0.4, 0.5) is 0 Å². The molecular weight excluding hydrogens is 430 g/mol. The molecule has 0 aliphatic rings. The van der Waals surface area contributed by atoms with Gasteiger partial charge in [0, 0.05) is 33.6 Å². The van der Waals surface area contributed by atoms with Crippen molar-refractivity contribution in [3.05, 3.63) is 112 Å². The van der Waals surface area contributed by atoms with E-state index >= 15 is 0 Å². The molecule has 2 heterocycles. The summed E-state index contributed by atoms with van der Waals surface area (Å²) in [5, 5.41) is 7.70. The van der Waals surface area contributed by atoms with Crippen molar-refractivity contribution in [2.75, 3.05) is 0 Å². The Morgan fingerprint density at radius 2 is 1.62 bits per heavy atom. The van der Waals surface area contributed by atoms with E-state index < -0.39 is 17.6 Å². The van der Waals surface area contributed by atoms with Crippen LogP contribution in [0.15, 0.2) is 83.8 Å². The van der Waals surface area contributed by atoms with Gasteiger partial charge in [0.25, 0.3) is 5.56 Å². The highest BCUT2D eigenvalue weighted by Gasteiger charge is 2.30. The van der Waals surface area contributed by atoms with E-state index in [4.69, 9.17) is 4.74 Å². The van der Waals surface area contributed by atoms with Gasteiger partial charge >= 0.3 is 5.97 Å². The Balaban J connectivity index is 1.57. The molecule has 7 nitrogen and oxygen atoms in total. The van der Waals surface area contributed by atoms with E-state index in [2.05, 4.69) is 15.2 Å². The molecule has 0 spiro atoms. The Labute approximate surface area is 194 Å². The number of para-hydroxylation sites is 1. The maximum Gasteiger partial charge on any atom is 0.360 e. The number of rotatable bonds is 6. The molecular formula is C27H21N3O4. The van der Waals surface area contributed by atoms with Crippen molar-refractivity contribution in [1.82, 2.24) is 15.2 Å². The minimum absolute atomic E-state index is 0.0591. The number of carbonyl (C=O) groups is 2. The quantitative estimate of drug-likeness (QED) is 0.286. The second-order valence-electron chi connectivity index (χ2n) is 7.90. The number of benzene rings is 3. The molecule has 0 unspecified atom stereocenters. The number of aromatic nitrogens is 3. The first kappa shape index (κ1) is 21.3. The summed E-state index contributed by atoms with van der Waals surface area (Å²) in [7, 11) is 0. The number of ketones is 1. The number of Topliss-reactive ketones (excluding diaryl/α,β-unsaturated/α-hetero) is 1. The summed E-state index contributed by atoms with van der Waals surface area (Å²) < 4.78 is 5.77. The van der Waals surface area contributed by atoms with E-state index in [1.54, 1.807) is 54.7 Å². The van der Waals surface area contributed by atoms with Crippen LogP contribution in [0.1, 0.15) is 45.0 Å². The zero-order valence-electron chi connectivity index (χ0n) is 18.4. The Morgan fingerprint density at radius 3 is 2.38 bits per heavy atom. The summed E-state index contributed by atoms with van der Waals surface area (Å²) in [5.41, 5.74) is 2.49. The number of aryl methyl sites for hydroxylation is 1. The summed E-state index contributed by atoms with van der Waals surface area (Å²) >= 11 is 0. The summed E-state index contributed by atoms with van der Waals surface area (Å²) in [6.45, 7) is 2.05. The molecule has 5 aromatic rings. The number of ether oxygens (including phenoxy) is 1. The molecule has 0 bridgehead atoms. The number of esters is 1. The molecule has 0 fully saturated rings. The topological polar surface area (TPSA) is 105 Å². The molecule has 0 saturated heterocycles. The van der Waals surface area contributed by atoms with Crippen molar-refractivity contribution >= 4 is 33.4 Å². The maximum atomic E-state index is 13.7. The zero-order valence-corrected chi connectivity index (χ0v) is 18.4. The average molecular weight is 451 g/mol. The lowest BCUT2D eigenvalue weighted by Crippen LogP contribution is -2.22. The minimum atomic E-state index is -1.19. The number of aromatic amines is 2. The number of hydrogen-bond donors (Lipinski definition) is 2. The number of H-pyrrole nitrogens is 2. The van der Waals surface area contributed by atoms with Crippen LogP contribution in [0.2, 0.25) is 0 Å². The monoisotopic (exact) mass is 451 g/mol. The Morgan fingerprint density at radius 1 is 0.912 bits per heavy atom. The van der Waals surface area contributed by atoms with Gasteiger partial charge in [0.15, 0.2) is 11.8 Å². The van der Waals surface area contributed by atoms with Crippen LogP contribution in [0.25, 0.3) is 21.7 Å². The SMILES string of the molecule is CCc1cccc2c(C(=O)[C@H](OC(=O)c3n[nH]c(=O)c4ccccc34)c3ccccc3)c[nH]c12. The summed E-state index contributed by atoms with van der Waals surface area (Å²) in [5.74, 6) is -1.16. The molecule has 0 aliphatic carbocycles. The average Bonchev–Trinajstić information content (AvgIpc) is 3.32. The van der Waals surface area contributed by atoms with E-state index in [0.717, 1.165) is 22.9 Å². The standard InChI is InChI=1S/C27H21N3O4/c1-2-16-11-8-14-19-21(15-28-22(16)19)24(31)25(17-9-4-3-5-10-17)34-27(33)23-18-12-6-7-13-20(18)26(32)30-29-23/h3-15,25,28H,2H2,1H3,(H,30,32)/t25-/m1/s1. The van der Waals surface area contributed by atoms with E-state index in [9.17, 15) is 14.4 Å². The van der Waals surface area contributed by atoms with Gasteiger partial charge in [-0.15, -0.1) is 0 Å². The molecule has 5 rings (SSSR count). The normalized spacial score (nSPS) is 12.0. The van der Waals surface area contributed by atoms with Gasteiger partial charge in [0.1, 0.15) is 0 Å². The Hall–Kier alpha value is -4.52. The number of nitrogens with one attached hydrogen (secondary N) is 2. The fourth-order valence-corrected chi connectivity index (χ4v) is 4.19. The van der Waals surface area contributed by atoms with E-state index in [0.29, 0.717) is 21.9 Å². The fourth-order valence-electron chi connectivity index (χ4n) is 4.19. The summed E-state index contributed by atoms with van der Waals surface area (Å²) in [6, 6.07) is 21.3. The second kappa shape index (κ2) is 8.78. The second-order valence-corrected chi connectivity index (χ2v) is 7.90. The largest absolute Gasteiger partial charge is 0.444 e. The van der Waals surface area contributed by atoms with Gasteiger partial charge in [-0.05, 0) is 18.1 Å². The number of nitrogens with zero attached hydrogens (tertiary/aromatic N) is 1. The molecule has 0 aliphatic heterocycles. The van der Waals surface area contributed by atoms with Crippen LogP contribution in [-0.4, -0.2) is 26.9 Å². The Kier molecular flexibility index (Phi) is 5.51. The van der Waals surface area contributed by atoms with Crippen molar-refractivity contribution in [2.24, 2.45) is 0 Å². The number of carbonyl (C=O) groups excluding carboxylic acids is 2. The van der Waals surface area contributed by atoms with Gasteiger partial charge in [-0.3, -0.25) is 9.59 Å². The lowest BCUT2D eigenvalue weighted by atomic mass is 9.98. The summed E-state index contributed by atoms with van der Waals surface area (Å²) in [6.07, 6.45) is 1.28. The van der Waals surface area contributed by atoms with Gasteiger partial charge in [-0.2, -0.15) is 5.10 Å². The van der Waals surface area contributed by atoms with Gasteiger partial charge < -0.3 is 9.72 Å². The fraction of sp³-hybridized carbons (Fsp3) is 0.111. The third kappa shape index (κ3) is 3.67. The van der Waals surface area contributed by atoms with E-state index in [-0.39, 0.29) is 11.5 Å². The lowest BCUT2D eigenvalue weighted by Gasteiger charge is -2.17. The smallest absolute Gasteiger partial charge is 0.360 e. The molecule has 0 saturated carbocycles. The van der Waals surface area contributed by atoms with E-state index in [1.807, 2.05) is 31.2 Å². The molecule has 2 N–H and O–H groups in total. The third-order valence-electron chi connectivity index (χ3n) is 5.90. The highest BCUT2D eigenvalue weighted by Crippen LogP contribution is 2.30. The van der Waals surface area contributed by atoms with Crippen molar-refractivity contribution in [3.8, 4) is 0 Å². The summed E-state index contributed by atoms with van der Waals surface area (Å²) in [4.78, 5) is 42.3. The van der Waals surface area contributed by atoms with Gasteiger partial charge in [0.2, 0.25) is 5.78 Å². The zero-order chi connectivity index (χ0) is 23.7. The molecule has 2 aromatic heterocycles. The Bertz CT molecular complexity index is 1580. The predicted octanol–water partition coefficient (Wildman–Crippen LogP) is 4.75. The van der Waals surface area contributed by atoms with E-state index in [1.165, 1.54) is 0 Å². The van der Waals surface area contributed by atoms with Crippen LogP contribution >= 0.6 is 0 Å². The maximum absolute atomic E-state index is 13.7. The molecule has 3 aromatic carbocycles. The first-order chi connectivity index (χ1) is 16.6. The van der Waals surface area contributed by atoms with Crippen LogP contribution in [0, 0.1) is 0 Å². The molecule has 1 atom stereocenters. The van der Waals surface area contributed by atoms with Gasteiger partial charge in [0.05, 0.1) is 5.39 Å². The van der Waals surface area contributed by atoms with Crippen LogP contribution < -0.4 is 5.56 Å². The lowest BCUT2D eigenvalue weighted by molar-refractivity contribution is 0.0276. The van der Waals surface area contributed by atoms with Gasteiger partial charge in [-0.1, -0.05) is 73.7 Å². The number of fused-ring (bicyclic) bond motifs is 2. The third-order valence-corrected chi connectivity index (χ3v) is 5.90. The molecule has 0 amide bonds. The van der Waals surface area contributed by atoms with Crippen molar-refractivity contribution in [2.45, 2.75) is 19.4 Å². The van der Waals surface area contributed by atoms with Crippen molar-refractivity contribution in [1.29, 1.82) is 0 Å². The number of hydrogen-bond acceptors (Lipinski definition) is 5. The molecule has 7 heteroatoms. The van der Waals surface area contributed by atoms with Crippen LogP contribution in [-0.2, 0) is 11.2 Å². The molecule has 0 radical (unpaired) electrons. The van der Waals surface area contributed by atoms with Crippen LogP contribution in [0.5, 0.6) is 0 Å². The van der Waals surface area contributed by atoms with Gasteiger partial charge in [-0.25, -0.2) is 9.89 Å². The van der Waals surface area contributed by atoms with Crippen molar-refractivity contribution in [3.63, 3.8) is 0 Å². The highest BCUT2D eigenvalue weighted by atomic mass is 16.5. The molecule has 34 heavy (non-hydrogen) atoms. The first-order valence-electron chi connectivity index (χ1n) is 10.9. The highest BCUT2D eigenvalue weighted by molar-refractivity contribution is 6.12. The molecule has 168 valence electrons. The first-order valence-corrected chi connectivity index (χ1v) is 10.9. The minimum Gasteiger partial charge on any atom is -0.444 e. The van der Waals surface area contributed by atoms with Crippen molar-refractivity contribution < 1.29 is 14.3 Å².